The molecule has 0 atom stereocenters. The second-order valence-electron chi connectivity index (χ2n) is 5.30. The fourth-order valence-corrected chi connectivity index (χ4v) is 1.90. The van der Waals surface area contributed by atoms with Gasteiger partial charge in [0.05, 0.1) is 0 Å². The first-order chi connectivity index (χ1) is 10.5. The molecule has 3 N–H and O–H groups in total. The molecule has 5 nitrogen and oxygen atoms in total. The van der Waals surface area contributed by atoms with E-state index in [1.807, 2.05) is 0 Å². The average Bonchev–Trinajstić information content (AvgIpc) is 2.48. The van der Waals surface area contributed by atoms with E-state index in [0.29, 0.717) is 24.2 Å². The molecule has 1 aromatic carbocycles. The maximum atomic E-state index is 11.6. The van der Waals surface area contributed by atoms with Crippen LogP contribution in [0.5, 0.6) is 5.75 Å². The number of carbonyl (C=O) groups excluding carboxylic acids is 2. The molecule has 0 aliphatic carbocycles. The topological polar surface area (TPSA) is 78.4 Å². The van der Waals surface area contributed by atoms with Gasteiger partial charge in [0.15, 0.2) is 5.78 Å². The molecule has 0 fully saturated rings. The largest absolute Gasteiger partial charge is 0.508 e. The van der Waals surface area contributed by atoms with Crippen LogP contribution in [-0.2, 0) is 4.79 Å². The van der Waals surface area contributed by atoms with Gasteiger partial charge in [-0.25, -0.2) is 4.79 Å². The van der Waals surface area contributed by atoms with E-state index in [9.17, 15) is 9.59 Å². The Morgan fingerprint density at radius 3 is 2.36 bits per heavy atom. The lowest BCUT2D eigenvalue weighted by Crippen LogP contribution is -2.29. The summed E-state index contributed by atoms with van der Waals surface area (Å²) in [7, 11) is 0. The molecule has 0 bridgehead atoms. The third-order valence-corrected chi connectivity index (χ3v) is 3.22. The van der Waals surface area contributed by atoms with E-state index in [1.165, 1.54) is 12.1 Å². The molecule has 120 valence electrons. The third-order valence-electron chi connectivity index (χ3n) is 3.22. The van der Waals surface area contributed by atoms with E-state index in [1.54, 1.807) is 19.1 Å². The highest BCUT2D eigenvalue weighted by Crippen LogP contribution is 2.13. The molecule has 5 heteroatoms. The summed E-state index contributed by atoms with van der Waals surface area (Å²) in [4.78, 5) is 22.9. The summed E-state index contributed by atoms with van der Waals surface area (Å²) in [5.41, 5.74) is 1.25. The van der Waals surface area contributed by atoms with Crippen LogP contribution < -0.4 is 10.6 Å². The number of urea groups is 1. The van der Waals surface area contributed by atoms with Crippen LogP contribution in [0.1, 0.15) is 39.0 Å². The van der Waals surface area contributed by atoms with Gasteiger partial charge >= 0.3 is 6.03 Å². The Balaban J connectivity index is 2.04. The molecule has 0 aromatic heterocycles. The monoisotopic (exact) mass is 304 g/mol. The smallest absolute Gasteiger partial charge is 0.319 e. The minimum atomic E-state index is -0.261. The number of ketones is 1. The summed E-state index contributed by atoms with van der Waals surface area (Å²) in [6.45, 7) is 5.95. The van der Waals surface area contributed by atoms with Crippen LogP contribution in [0.25, 0.3) is 0 Å². The molecule has 0 heterocycles. The fraction of sp³-hybridized carbons (Fsp3) is 0.412. The van der Waals surface area contributed by atoms with Crippen LogP contribution in [0.3, 0.4) is 0 Å². The number of anilines is 1. The van der Waals surface area contributed by atoms with E-state index in [0.717, 1.165) is 25.7 Å². The molecule has 0 unspecified atom stereocenters. The van der Waals surface area contributed by atoms with Crippen LogP contribution in [0.15, 0.2) is 36.4 Å². The molecule has 0 aliphatic rings. The average molecular weight is 304 g/mol. The molecule has 22 heavy (non-hydrogen) atoms. The zero-order valence-corrected chi connectivity index (χ0v) is 13.0. The molecule has 1 aromatic rings. The van der Waals surface area contributed by atoms with Crippen LogP contribution in [0, 0.1) is 0 Å². The van der Waals surface area contributed by atoms with Gasteiger partial charge in [0, 0.05) is 18.7 Å². The van der Waals surface area contributed by atoms with E-state index in [4.69, 9.17) is 5.11 Å². The number of carbonyl (C=O) groups is 2. The highest BCUT2D eigenvalue weighted by molar-refractivity contribution is 5.94. The van der Waals surface area contributed by atoms with Crippen molar-refractivity contribution in [1.29, 1.82) is 0 Å². The first-order valence-electron chi connectivity index (χ1n) is 7.51. The van der Waals surface area contributed by atoms with Crippen molar-refractivity contribution in [3.63, 3.8) is 0 Å². The van der Waals surface area contributed by atoms with Gasteiger partial charge in [-0.3, -0.25) is 4.79 Å². The Labute approximate surface area is 131 Å². The fourth-order valence-electron chi connectivity index (χ4n) is 1.90. The summed E-state index contributed by atoms with van der Waals surface area (Å²) >= 11 is 0. The number of rotatable bonds is 9. The number of aromatic hydroxyl groups is 1. The molecular weight excluding hydrogens is 280 g/mol. The van der Waals surface area contributed by atoms with E-state index >= 15 is 0 Å². The number of hydrogen-bond acceptors (Lipinski definition) is 3. The first kappa shape index (κ1) is 17.8. The van der Waals surface area contributed by atoms with Gasteiger partial charge in [-0.2, -0.15) is 0 Å². The molecule has 0 aliphatic heterocycles. The predicted molar refractivity (Wildman–Crippen MR) is 88.0 cm³/mol. The Morgan fingerprint density at radius 2 is 1.73 bits per heavy atom. The van der Waals surface area contributed by atoms with E-state index < -0.39 is 0 Å². The Hall–Kier alpha value is -2.30. The Morgan fingerprint density at radius 1 is 1.09 bits per heavy atom. The molecule has 0 saturated heterocycles. The van der Waals surface area contributed by atoms with Gasteiger partial charge in [0.2, 0.25) is 0 Å². The SMILES string of the molecule is C=C(C)C(=O)CCCCCCNC(=O)Nc1ccc(O)cc1. The molecule has 0 radical (unpaired) electrons. The van der Waals surface area contributed by atoms with E-state index in [2.05, 4.69) is 17.2 Å². The van der Waals surface area contributed by atoms with Gasteiger partial charge in [0.25, 0.3) is 0 Å². The van der Waals surface area contributed by atoms with E-state index in [-0.39, 0.29) is 17.6 Å². The first-order valence-corrected chi connectivity index (χ1v) is 7.51. The number of benzene rings is 1. The second-order valence-corrected chi connectivity index (χ2v) is 5.30. The van der Waals surface area contributed by atoms with Gasteiger partial charge < -0.3 is 15.7 Å². The van der Waals surface area contributed by atoms with Gasteiger partial charge in [-0.05, 0) is 49.6 Å². The van der Waals surface area contributed by atoms with Crippen molar-refractivity contribution in [3.8, 4) is 5.75 Å². The van der Waals surface area contributed by atoms with Crippen molar-refractivity contribution in [2.75, 3.05) is 11.9 Å². The van der Waals surface area contributed by atoms with Crippen LogP contribution in [0.4, 0.5) is 10.5 Å². The van der Waals surface area contributed by atoms with Crippen molar-refractivity contribution in [3.05, 3.63) is 36.4 Å². The van der Waals surface area contributed by atoms with Crippen LogP contribution >= 0.6 is 0 Å². The maximum Gasteiger partial charge on any atom is 0.319 e. The van der Waals surface area contributed by atoms with Crippen molar-refractivity contribution in [1.82, 2.24) is 5.32 Å². The Kier molecular flexibility index (Phi) is 7.75. The highest BCUT2D eigenvalue weighted by Gasteiger charge is 2.02. The molecule has 2 amide bonds. The van der Waals surface area contributed by atoms with Gasteiger partial charge in [-0.15, -0.1) is 0 Å². The summed E-state index contributed by atoms with van der Waals surface area (Å²) in [5, 5.41) is 14.6. The number of phenolic OH excluding ortho intramolecular Hbond substituents is 1. The van der Waals surface area contributed by atoms with Crippen molar-refractivity contribution in [2.24, 2.45) is 0 Å². The number of amides is 2. The van der Waals surface area contributed by atoms with Gasteiger partial charge in [-0.1, -0.05) is 19.4 Å². The van der Waals surface area contributed by atoms with Crippen molar-refractivity contribution >= 4 is 17.5 Å². The number of allylic oxidation sites excluding steroid dienone is 1. The third kappa shape index (κ3) is 7.47. The molecule has 0 saturated carbocycles. The minimum Gasteiger partial charge on any atom is -0.508 e. The summed E-state index contributed by atoms with van der Waals surface area (Å²) in [6, 6.07) is 6.04. The lowest BCUT2D eigenvalue weighted by atomic mass is 10.1. The minimum absolute atomic E-state index is 0.131. The van der Waals surface area contributed by atoms with Crippen LogP contribution in [-0.4, -0.2) is 23.5 Å². The van der Waals surface area contributed by atoms with Gasteiger partial charge in [0.1, 0.15) is 5.75 Å². The van der Waals surface area contributed by atoms with Crippen molar-refractivity contribution in [2.45, 2.75) is 39.0 Å². The summed E-state index contributed by atoms with van der Waals surface area (Å²) in [5.74, 6) is 0.294. The number of hydrogen-bond donors (Lipinski definition) is 3. The number of unbranched alkanes of at least 4 members (excludes halogenated alkanes) is 3. The van der Waals surface area contributed by atoms with Crippen molar-refractivity contribution < 1.29 is 14.7 Å². The predicted octanol–water partition coefficient (Wildman–Crippen LogP) is 3.61. The lowest BCUT2D eigenvalue weighted by Gasteiger charge is -2.07. The lowest BCUT2D eigenvalue weighted by molar-refractivity contribution is -0.115. The summed E-state index contributed by atoms with van der Waals surface area (Å²) in [6.07, 6.45) is 4.25. The van der Waals surface area contributed by atoms with Crippen LogP contribution in [0.2, 0.25) is 0 Å². The zero-order chi connectivity index (χ0) is 16.4. The normalized spacial score (nSPS) is 10.0. The summed E-state index contributed by atoms with van der Waals surface area (Å²) < 4.78 is 0. The Bertz CT molecular complexity index is 509. The maximum absolute atomic E-state index is 11.6. The quantitative estimate of drug-likeness (QED) is 0.370. The highest BCUT2D eigenvalue weighted by atomic mass is 16.3. The number of phenols is 1. The number of nitrogens with one attached hydrogen (secondary N) is 2. The molecule has 0 spiro atoms. The molecular formula is C17H24N2O3. The zero-order valence-electron chi connectivity index (χ0n) is 13.0. The number of Topliss-reactive ketones (excluding diaryl/α,β-unsaturated/α-hetero) is 1. The standard InChI is InChI=1S/C17H24N2O3/c1-13(2)16(21)7-5-3-4-6-12-18-17(22)19-14-8-10-15(20)11-9-14/h8-11,20H,1,3-7,12H2,2H3,(H2,18,19,22). The second kappa shape index (κ2) is 9.60. The molecule has 1 rings (SSSR count).